The van der Waals surface area contributed by atoms with E-state index in [0.717, 1.165) is 29.9 Å². The van der Waals surface area contributed by atoms with Gasteiger partial charge in [0.25, 0.3) is 5.56 Å². The number of hydrogen-bond donors (Lipinski definition) is 0. The normalized spacial score (nSPS) is 15.3. The second-order valence-corrected chi connectivity index (χ2v) is 8.29. The third kappa shape index (κ3) is 4.45. The first-order valence-corrected chi connectivity index (χ1v) is 11.1. The summed E-state index contributed by atoms with van der Waals surface area (Å²) in [5.74, 6) is 2.16. The Labute approximate surface area is 178 Å². The summed E-state index contributed by atoms with van der Waals surface area (Å²) in [6.45, 7) is 4.10. The lowest BCUT2D eigenvalue weighted by Crippen LogP contribution is -2.23. The smallest absolute Gasteiger partial charge is 0.282 e. The van der Waals surface area contributed by atoms with Gasteiger partial charge in [0.2, 0.25) is 0 Å². The lowest BCUT2D eigenvalue weighted by molar-refractivity contribution is 0.537. The molecule has 2 aromatic heterocycles. The minimum atomic E-state index is -0.171. The van der Waals surface area contributed by atoms with Crippen molar-refractivity contribution >= 4 is 38.9 Å². The molecule has 0 N–H and O–H groups in total. The van der Waals surface area contributed by atoms with Gasteiger partial charge in [-0.25, -0.2) is 4.98 Å². The first kappa shape index (κ1) is 19.9. The number of halogens is 1. The van der Waals surface area contributed by atoms with Gasteiger partial charge in [-0.1, -0.05) is 35.7 Å². The number of hydrogen-bond acceptors (Lipinski definition) is 5. The number of furan rings is 1. The van der Waals surface area contributed by atoms with E-state index in [1.54, 1.807) is 12.3 Å². The van der Waals surface area contributed by atoms with E-state index in [4.69, 9.17) is 4.42 Å². The van der Waals surface area contributed by atoms with Crippen molar-refractivity contribution in [2.45, 2.75) is 45.4 Å². The standard InChI is InChI=1S/C22H25BrN4O2/c1-2-7-20-25-19-10-8-16(23)14-18(19)22(28)27(20)24-15-17-9-11-21(29-17)26-12-5-3-4-6-13-26/h8-11,14-15H,2-7,12-13H2,1H3. The van der Waals surface area contributed by atoms with E-state index in [1.807, 2.05) is 24.3 Å². The van der Waals surface area contributed by atoms with Crippen molar-refractivity contribution in [2.75, 3.05) is 18.0 Å². The average Bonchev–Trinajstić information content (AvgIpc) is 3.02. The molecule has 1 aliphatic heterocycles. The van der Waals surface area contributed by atoms with Crippen LogP contribution in [-0.4, -0.2) is 29.0 Å². The van der Waals surface area contributed by atoms with Crippen LogP contribution in [0.5, 0.6) is 0 Å². The molecule has 0 radical (unpaired) electrons. The van der Waals surface area contributed by atoms with Crippen LogP contribution in [0.4, 0.5) is 5.88 Å². The van der Waals surface area contributed by atoms with Crippen LogP contribution >= 0.6 is 15.9 Å². The molecule has 0 amide bonds. The Morgan fingerprint density at radius 3 is 2.72 bits per heavy atom. The van der Waals surface area contributed by atoms with E-state index in [9.17, 15) is 4.79 Å². The topological polar surface area (TPSA) is 63.6 Å². The van der Waals surface area contributed by atoms with E-state index in [2.05, 4.69) is 37.8 Å². The van der Waals surface area contributed by atoms with Crippen LogP contribution in [0.25, 0.3) is 10.9 Å². The highest BCUT2D eigenvalue weighted by atomic mass is 79.9. The van der Waals surface area contributed by atoms with Crippen molar-refractivity contribution < 1.29 is 4.42 Å². The Morgan fingerprint density at radius 1 is 1.17 bits per heavy atom. The SMILES string of the molecule is CCCc1nc2ccc(Br)cc2c(=O)n1N=Cc1ccc(N2CCCCCC2)o1. The maximum absolute atomic E-state index is 13.0. The van der Waals surface area contributed by atoms with Crippen molar-refractivity contribution in [3.63, 3.8) is 0 Å². The third-order valence-electron chi connectivity index (χ3n) is 5.18. The van der Waals surface area contributed by atoms with Gasteiger partial charge in [-0.05, 0) is 43.5 Å². The molecule has 6 nitrogen and oxygen atoms in total. The molecule has 4 rings (SSSR count). The quantitative estimate of drug-likeness (QED) is 0.508. The van der Waals surface area contributed by atoms with Gasteiger partial charge in [0.1, 0.15) is 11.6 Å². The van der Waals surface area contributed by atoms with Crippen LogP contribution < -0.4 is 10.5 Å². The average molecular weight is 457 g/mol. The molecule has 1 fully saturated rings. The summed E-state index contributed by atoms with van der Waals surface area (Å²) in [5, 5.41) is 4.98. The van der Waals surface area contributed by atoms with Gasteiger partial charge in [-0.15, -0.1) is 0 Å². The van der Waals surface area contributed by atoms with Gasteiger partial charge in [-0.3, -0.25) is 4.79 Å². The van der Waals surface area contributed by atoms with Gasteiger partial charge in [-0.2, -0.15) is 9.78 Å². The van der Waals surface area contributed by atoms with Crippen molar-refractivity contribution in [3.05, 3.63) is 56.7 Å². The second-order valence-electron chi connectivity index (χ2n) is 7.38. The van der Waals surface area contributed by atoms with Crippen LogP contribution in [0.3, 0.4) is 0 Å². The number of aromatic nitrogens is 2. The van der Waals surface area contributed by atoms with Crippen LogP contribution in [0.2, 0.25) is 0 Å². The van der Waals surface area contributed by atoms with Crippen LogP contribution in [-0.2, 0) is 6.42 Å². The second kappa shape index (κ2) is 8.95. The molecule has 7 heteroatoms. The van der Waals surface area contributed by atoms with Crippen molar-refractivity contribution in [1.82, 2.24) is 9.66 Å². The fraction of sp³-hybridized carbons (Fsp3) is 0.409. The van der Waals surface area contributed by atoms with E-state index >= 15 is 0 Å². The molecule has 0 bridgehead atoms. The molecule has 0 aliphatic carbocycles. The maximum Gasteiger partial charge on any atom is 0.282 e. The van der Waals surface area contributed by atoms with Gasteiger partial charge < -0.3 is 9.32 Å². The largest absolute Gasteiger partial charge is 0.440 e. The molecule has 1 aliphatic rings. The third-order valence-corrected chi connectivity index (χ3v) is 5.67. The lowest BCUT2D eigenvalue weighted by Gasteiger charge is -2.18. The van der Waals surface area contributed by atoms with Crippen molar-refractivity contribution in [3.8, 4) is 0 Å². The molecule has 3 aromatic rings. The van der Waals surface area contributed by atoms with Gasteiger partial charge in [0.15, 0.2) is 5.88 Å². The summed E-state index contributed by atoms with van der Waals surface area (Å²) in [6.07, 6.45) is 8.10. The number of benzene rings is 1. The zero-order valence-electron chi connectivity index (χ0n) is 16.6. The Hall–Kier alpha value is -2.41. The molecule has 0 saturated carbocycles. The zero-order valence-corrected chi connectivity index (χ0v) is 18.2. The number of aryl methyl sites for hydroxylation is 1. The van der Waals surface area contributed by atoms with Crippen molar-refractivity contribution in [2.24, 2.45) is 5.10 Å². The van der Waals surface area contributed by atoms with E-state index < -0.39 is 0 Å². The highest BCUT2D eigenvalue weighted by Crippen LogP contribution is 2.22. The Bertz CT molecular complexity index is 1080. The summed E-state index contributed by atoms with van der Waals surface area (Å²) in [4.78, 5) is 20.0. The number of fused-ring (bicyclic) bond motifs is 1. The summed E-state index contributed by atoms with van der Waals surface area (Å²) in [5.41, 5.74) is 0.518. The Balaban J connectivity index is 1.66. The predicted octanol–water partition coefficient (Wildman–Crippen LogP) is 4.97. The predicted molar refractivity (Wildman–Crippen MR) is 120 cm³/mol. The van der Waals surface area contributed by atoms with E-state index in [-0.39, 0.29) is 5.56 Å². The summed E-state index contributed by atoms with van der Waals surface area (Å²) < 4.78 is 8.22. The van der Waals surface area contributed by atoms with E-state index in [0.29, 0.717) is 28.9 Å². The highest BCUT2D eigenvalue weighted by molar-refractivity contribution is 9.10. The number of nitrogens with zero attached hydrogens (tertiary/aromatic N) is 4. The fourth-order valence-electron chi connectivity index (χ4n) is 3.69. The summed E-state index contributed by atoms with van der Waals surface area (Å²) >= 11 is 3.43. The lowest BCUT2D eigenvalue weighted by atomic mass is 10.2. The molecular formula is C22H25BrN4O2. The van der Waals surface area contributed by atoms with Crippen LogP contribution in [0, 0.1) is 0 Å². The number of rotatable bonds is 5. The minimum Gasteiger partial charge on any atom is -0.440 e. The van der Waals surface area contributed by atoms with E-state index in [1.165, 1.54) is 30.4 Å². The monoisotopic (exact) mass is 456 g/mol. The van der Waals surface area contributed by atoms with Gasteiger partial charge in [0.05, 0.1) is 17.1 Å². The summed E-state index contributed by atoms with van der Waals surface area (Å²) in [6, 6.07) is 9.42. The first-order valence-electron chi connectivity index (χ1n) is 10.3. The Morgan fingerprint density at radius 2 is 1.97 bits per heavy atom. The molecule has 0 unspecified atom stereocenters. The molecule has 29 heavy (non-hydrogen) atoms. The van der Waals surface area contributed by atoms with Crippen LogP contribution in [0.1, 0.15) is 50.6 Å². The molecule has 152 valence electrons. The highest BCUT2D eigenvalue weighted by Gasteiger charge is 2.14. The molecular weight excluding hydrogens is 432 g/mol. The zero-order chi connectivity index (χ0) is 20.2. The molecule has 1 saturated heterocycles. The van der Waals surface area contributed by atoms with Gasteiger partial charge in [0, 0.05) is 30.0 Å². The molecule has 1 aromatic carbocycles. The Kier molecular flexibility index (Phi) is 6.13. The number of anilines is 1. The molecule has 3 heterocycles. The molecule has 0 atom stereocenters. The van der Waals surface area contributed by atoms with Crippen LogP contribution in [0.15, 0.2) is 49.1 Å². The maximum atomic E-state index is 13.0. The van der Waals surface area contributed by atoms with Crippen molar-refractivity contribution in [1.29, 1.82) is 0 Å². The summed E-state index contributed by atoms with van der Waals surface area (Å²) in [7, 11) is 0. The minimum absolute atomic E-state index is 0.171. The van der Waals surface area contributed by atoms with Gasteiger partial charge >= 0.3 is 0 Å². The fourth-order valence-corrected chi connectivity index (χ4v) is 4.05. The first-order chi connectivity index (χ1) is 14.2. The molecule has 0 spiro atoms.